The minimum Gasteiger partial charge on any atom is -0.545 e. The van der Waals surface area contributed by atoms with Gasteiger partial charge in [-0.3, -0.25) is 9.59 Å². The first kappa shape index (κ1) is 16.1. The fourth-order valence-electron chi connectivity index (χ4n) is 2.32. The fourth-order valence-corrected chi connectivity index (χ4v) is 3.22. The molecule has 6 nitrogen and oxygen atoms in total. The monoisotopic (exact) mass is 341 g/mol. The summed E-state index contributed by atoms with van der Waals surface area (Å²) < 4.78 is 0. The molecule has 122 valence electrons. The van der Waals surface area contributed by atoms with E-state index in [2.05, 4.69) is 5.32 Å². The Labute approximate surface area is 142 Å². The molecule has 1 saturated heterocycles. The maximum Gasteiger partial charge on any atom is 0.295 e. The van der Waals surface area contributed by atoms with E-state index in [1.165, 1.54) is 18.2 Å². The summed E-state index contributed by atoms with van der Waals surface area (Å²) in [6, 6.07) is 13.0. The second-order valence-corrected chi connectivity index (χ2v) is 6.34. The van der Waals surface area contributed by atoms with Crippen molar-refractivity contribution < 1.29 is 19.5 Å². The van der Waals surface area contributed by atoms with Crippen molar-refractivity contribution in [3.05, 3.63) is 59.7 Å². The van der Waals surface area contributed by atoms with Gasteiger partial charge >= 0.3 is 0 Å². The second-order valence-electron chi connectivity index (χ2n) is 5.29. The molecule has 1 N–H and O–H groups in total. The van der Waals surface area contributed by atoms with E-state index in [4.69, 9.17) is 0 Å². The van der Waals surface area contributed by atoms with Crippen LogP contribution in [-0.4, -0.2) is 22.5 Å². The Morgan fingerprint density at radius 3 is 2.54 bits per heavy atom. The van der Waals surface area contributed by atoms with Gasteiger partial charge in [0.2, 0.25) is 0 Å². The summed E-state index contributed by atoms with van der Waals surface area (Å²) in [4.78, 5) is 36.7. The van der Waals surface area contributed by atoms with Gasteiger partial charge in [-0.15, -0.1) is 0 Å². The molecule has 1 aliphatic rings. The first-order valence-corrected chi connectivity index (χ1v) is 8.03. The minimum atomic E-state index is -1.30. The number of amides is 2. The molecule has 0 saturated carbocycles. The number of benzene rings is 2. The molecule has 0 radical (unpaired) electrons. The summed E-state index contributed by atoms with van der Waals surface area (Å²) >= 11 is 0.853. The largest absolute Gasteiger partial charge is 0.545 e. The number of carbonyl (C=O) groups excluding carboxylic acids is 3. The van der Waals surface area contributed by atoms with Crippen molar-refractivity contribution in [3.63, 3.8) is 0 Å². The molecule has 2 amide bonds. The standard InChI is InChI=1S/C17H14N2O4S/c1-10-5-7-13(8-6-10)19-15(20)14(24-17(19)23)18-12-4-2-3-11(9-12)16(21)22/h2-9,14,18H,1H3,(H,21,22)/p-1/t14-/m1/s1. The quantitative estimate of drug-likeness (QED) is 0.915. The van der Waals surface area contributed by atoms with E-state index in [9.17, 15) is 19.5 Å². The zero-order valence-electron chi connectivity index (χ0n) is 12.7. The molecule has 24 heavy (non-hydrogen) atoms. The Hall–Kier alpha value is -2.80. The number of carbonyl (C=O) groups is 3. The maximum atomic E-state index is 12.5. The summed E-state index contributed by atoms with van der Waals surface area (Å²) in [5, 5.41) is 12.6. The van der Waals surface area contributed by atoms with Gasteiger partial charge < -0.3 is 15.2 Å². The zero-order chi connectivity index (χ0) is 17.3. The lowest BCUT2D eigenvalue weighted by atomic mass is 10.2. The molecule has 0 aliphatic carbocycles. The zero-order valence-corrected chi connectivity index (χ0v) is 13.5. The van der Waals surface area contributed by atoms with E-state index < -0.39 is 17.3 Å². The van der Waals surface area contributed by atoms with Crippen molar-refractivity contribution in [2.24, 2.45) is 0 Å². The van der Waals surface area contributed by atoms with Crippen LogP contribution in [0.2, 0.25) is 0 Å². The van der Waals surface area contributed by atoms with Gasteiger partial charge in [0, 0.05) is 5.69 Å². The summed E-state index contributed by atoms with van der Waals surface area (Å²) in [6.45, 7) is 1.92. The van der Waals surface area contributed by atoms with Crippen molar-refractivity contribution in [2.45, 2.75) is 12.3 Å². The predicted molar refractivity (Wildman–Crippen MR) is 89.8 cm³/mol. The van der Waals surface area contributed by atoms with Crippen LogP contribution in [0, 0.1) is 6.92 Å². The van der Waals surface area contributed by atoms with Crippen molar-refractivity contribution in [3.8, 4) is 0 Å². The Bertz CT molecular complexity index is 820. The first-order chi connectivity index (χ1) is 11.5. The third-order valence-corrected chi connectivity index (χ3v) is 4.47. The van der Waals surface area contributed by atoms with Crippen LogP contribution in [0.15, 0.2) is 48.5 Å². The van der Waals surface area contributed by atoms with Gasteiger partial charge in [0.05, 0.1) is 11.7 Å². The Morgan fingerprint density at radius 1 is 1.17 bits per heavy atom. The molecule has 2 aromatic rings. The molecular weight excluding hydrogens is 328 g/mol. The highest BCUT2D eigenvalue weighted by atomic mass is 32.2. The van der Waals surface area contributed by atoms with E-state index in [0.717, 1.165) is 22.2 Å². The lowest BCUT2D eigenvalue weighted by Crippen LogP contribution is -2.34. The molecule has 0 aromatic heterocycles. The number of thioether (sulfide) groups is 1. The third kappa shape index (κ3) is 3.11. The number of aryl methyl sites for hydroxylation is 1. The van der Waals surface area contributed by atoms with Crippen molar-refractivity contribution in [2.75, 3.05) is 10.2 Å². The Morgan fingerprint density at radius 2 is 1.88 bits per heavy atom. The Kier molecular flexibility index (Phi) is 4.26. The van der Waals surface area contributed by atoms with Crippen LogP contribution in [0.4, 0.5) is 16.2 Å². The van der Waals surface area contributed by atoms with E-state index in [0.29, 0.717) is 11.4 Å². The number of nitrogens with zero attached hydrogens (tertiary/aromatic N) is 1. The van der Waals surface area contributed by atoms with Gasteiger partial charge in [-0.2, -0.15) is 0 Å². The number of carboxylic acids is 1. The molecule has 0 spiro atoms. The number of imide groups is 1. The highest BCUT2D eigenvalue weighted by Gasteiger charge is 2.40. The second kappa shape index (κ2) is 6.37. The van der Waals surface area contributed by atoms with Crippen molar-refractivity contribution in [1.82, 2.24) is 0 Å². The summed E-state index contributed by atoms with van der Waals surface area (Å²) in [5.41, 5.74) is 1.97. The topological polar surface area (TPSA) is 89.5 Å². The van der Waals surface area contributed by atoms with Crippen LogP contribution in [0.3, 0.4) is 0 Å². The Balaban J connectivity index is 1.80. The van der Waals surface area contributed by atoms with Gasteiger partial charge in [0.25, 0.3) is 11.1 Å². The number of carboxylic acid groups (broad SMARTS) is 1. The molecule has 1 atom stereocenters. The molecule has 3 rings (SSSR count). The SMILES string of the molecule is Cc1ccc(N2C(=O)S[C@@H](Nc3cccc(C(=O)[O-])c3)C2=O)cc1. The molecule has 1 fully saturated rings. The number of rotatable bonds is 4. The minimum absolute atomic E-state index is 0.00263. The fraction of sp³-hybridized carbons (Fsp3) is 0.118. The molecule has 1 heterocycles. The smallest absolute Gasteiger partial charge is 0.295 e. The number of hydrogen-bond donors (Lipinski definition) is 1. The van der Waals surface area contributed by atoms with Gasteiger partial charge in [0.1, 0.15) is 0 Å². The van der Waals surface area contributed by atoms with Crippen LogP contribution < -0.4 is 15.3 Å². The number of aromatic carboxylic acids is 1. The van der Waals surface area contributed by atoms with Crippen LogP contribution in [0.25, 0.3) is 0 Å². The first-order valence-electron chi connectivity index (χ1n) is 7.15. The number of hydrogen-bond acceptors (Lipinski definition) is 6. The van der Waals surface area contributed by atoms with Gasteiger partial charge in [-0.05, 0) is 48.5 Å². The molecular formula is C17H13N2O4S-. The third-order valence-electron chi connectivity index (χ3n) is 3.53. The lowest BCUT2D eigenvalue weighted by molar-refractivity contribution is -0.255. The van der Waals surface area contributed by atoms with Crippen LogP contribution >= 0.6 is 11.8 Å². The molecule has 1 aliphatic heterocycles. The van der Waals surface area contributed by atoms with Crippen LogP contribution in [-0.2, 0) is 4.79 Å². The average Bonchev–Trinajstić information content (AvgIpc) is 2.83. The molecule has 0 unspecified atom stereocenters. The van der Waals surface area contributed by atoms with E-state index in [-0.39, 0.29) is 10.8 Å². The summed E-state index contributed by atoms with van der Waals surface area (Å²) in [7, 11) is 0. The van der Waals surface area contributed by atoms with Crippen LogP contribution in [0.1, 0.15) is 15.9 Å². The van der Waals surface area contributed by atoms with E-state index in [1.807, 2.05) is 19.1 Å². The summed E-state index contributed by atoms with van der Waals surface area (Å²) in [6.07, 6.45) is 0. The van der Waals surface area contributed by atoms with E-state index in [1.54, 1.807) is 18.2 Å². The van der Waals surface area contributed by atoms with E-state index >= 15 is 0 Å². The summed E-state index contributed by atoms with van der Waals surface area (Å²) in [5.74, 6) is -1.70. The van der Waals surface area contributed by atoms with Gasteiger partial charge in [-0.1, -0.05) is 29.8 Å². The van der Waals surface area contributed by atoms with Crippen molar-refractivity contribution in [1.29, 1.82) is 0 Å². The molecule has 2 aromatic carbocycles. The average molecular weight is 341 g/mol. The molecule has 7 heteroatoms. The highest BCUT2D eigenvalue weighted by molar-refractivity contribution is 8.16. The highest BCUT2D eigenvalue weighted by Crippen LogP contribution is 2.32. The molecule has 0 bridgehead atoms. The number of anilines is 2. The van der Waals surface area contributed by atoms with Gasteiger partial charge in [0.15, 0.2) is 5.37 Å². The lowest BCUT2D eigenvalue weighted by Gasteiger charge is -2.15. The van der Waals surface area contributed by atoms with Gasteiger partial charge in [-0.25, -0.2) is 4.90 Å². The maximum absolute atomic E-state index is 12.5. The number of nitrogens with one attached hydrogen (secondary N) is 1. The predicted octanol–water partition coefficient (Wildman–Crippen LogP) is 2.00. The van der Waals surface area contributed by atoms with Crippen LogP contribution in [0.5, 0.6) is 0 Å². The van der Waals surface area contributed by atoms with Crippen molar-refractivity contribution >= 4 is 40.3 Å². The normalized spacial score (nSPS) is 17.2.